The molecule has 1 atom stereocenters. The second kappa shape index (κ2) is 8.14. The number of hydrogen-bond acceptors (Lipinski definition) is 8. The number of rotatable bonds is 4. The number of ketones is 1. The summed E-state index contributed by atoms with van der Waals surface area (Å²) in [6, 6.07) is 9.10. The van der Waals surface area contributed by atoms with Crippen LogP contribution in [-0.2, 0) is 14.4 Å². The molecular formula is C21H18O8. The zero-order valence-electron chi connectivity index (χ0n) is 16.0. The fourth-order valence-electron chi connectivity index (χ4n) is 2.92. The average molecular weight is 398 g/mol. The number of ether oxygens (including phenoxy) is 4. The van der Waals surface area contributed by atoms with Crippen molar-refractivity contribution in [2.45, 2.75) is 33.3 Å². The Kier molecular flexibility index (Phi) is 5.63. The molecule has 0 aromatic heterocycles. The Bertz CT molecular complexity index is 1010. The molecule has 2 aromatic carbocycles. The third-order valence-corrected chi connectivity index (χ3v) is 4.00. The molecule has 0 N–H and O–H groups in total. The summed E-state index contributed by atoms with van der Waals surface area (Å²) < 4.78 is 21.1. The van der Waals surface area contributed by atoms with Crippen LogP contribution >= 0.6 is 0 Å². The molecule has 0 unspecified atom stereocenters. The fourth-order valence-corrected chi connectivity index (χ4v) is 2.92. The van der Waals surface area contributed by atoms with E-state index in [2.05, 4.69) is 0 Å². The first-order valence-corrected chi connectivity index (χ1v) is 8.76. The third kappa shape index (κ3) is 4.78. The maximum Gasteiger partial charge on any atom is 0.308 e. The monoisotopic (exact) mass is 398 g/mol. The first kappa shape index (κ1) is 20.1. The zero-order valence-corrected chi connectivity index (χ0v) is 16.0. The minimum atomic E-state index is -0.664. The molecule has 1 aliphatic heterocycles. The van der Waals surface area contributed by atoms with Crippen LogP contribution in [0.15, 0.2) is 36.4 Å². The van der Waals surface area contributed by atoms with E-state index in [-0.39, 0.29) is 35.2 Å². The van der Waals surface area contributed by atoms with Crippen LogP contribution in [0.1, 0.15) is 49.2 Å². The van der Waals surface area contributed by atoms with E-state index in [9.17, 15) is 19.2 Å². The number of carbonyl (C=O) groups excluding carboxylic acids is 4. The highest BCUT2D eigenvalue weighted by atomic mass is 16.6. The summed E-state index contributed by atoms with van der Waals surface area (Å²) in [5, 5.41) is 0. The Morgan fingerprint density at radius 2 is 1.52 bits per heavy atom. The predicted octanol–water partition coefficient (Wildman–Crippen LogP) is 3.17. The van der Waals surface area contributed by atoms with Crippen molar-refractivity contribution in [1.29, 1.82) is 0 Å². The van der Waals surface area contributed by atoms with Gasteiger partial charge in [0.05, 0.1) is 12.0 Å². The molecule has 0 fully saturated rings. The van der Waals surface area contributed by atoms with E-state index in [0.717, 1.165) is 0 Å². The Morgan fingerprint density at radius 3 is 2.17 bits per heavy atom. The van der Waals surface area contributed by atoms with Gasteiger partial charge in [-0.15, -0.1) is 0 Å². The number of Topliss-reactive ketones (excluding diaryl/α,β-unsaturated/α-hetero) is 1. The minimum absolute atomic E-state index is 0.0423. The molecule has 0 bridgehead atoms. The van der Waals surface area contributed by atoms with Crippen LogP contribution in [0.25, 0.3) is 0 Å². The van der Waals surface area contributed by atoms with E-state index in [0.29, 0.717) is 11.1 Å². The van der Waals surface area contributed by atoms with Crippen molar-refractivity contribution in [2.24, 2.45) is 0 Å². The van der Waals surface area contributed by atoms with Gasteiger partial charge in [0, 0.05) is 26.8 Å². The lowest BCUT2D eigenvalue weighted by atomic mass is 9.96. The van der Waals surface area contributed by atoms with Gasteiger partial charge in [0.15, 0.2) is 17.3 Å². The molecule has 8 nitrogen and oxygen atoms in total. The van der Waals surface area contributed by atoms with Crippen LogP contribution < -0.4 is 18.9 Å². The van der Waals surface area contributed by atoms with E-state index in [1.807, 2.05) is 0 Å². The van der Waals surface area contributed by atoms with Gasteiger partial charge in [-0.05, 0) is 29.8 Å². The van der Waals surface area contributed by atoms with Gasteiger partial charge in [-0.2, -0.15) is 0 Å². The molecule has 0 spiro atoms. The van der Waals surface area contributed by atoms with Crippen molar-refractivity contribution in [3.63, 3.8) is 0 Å². The number of carbonyl (C=O) groups is 4. The predicted molar refractivity (Wildman–Crippen MR) is 99.1 cm³/mol. The van der Waals surface area contributed by atoms with E-state index in [4.69, 9.17) is 18.9 Å². The minimum Gasteiger partial charge on any atom is -0.484 e. The summed E-state index contributed by atoms with van der Waals surface area (Å²) in [6.45, 7) is 3.72. The van der Waals surface area contributed by atoms with E-state index < -0.39 is 24.0 Å². The normalized spacial score (nSPS) is 15.0. The quantitative estimate of drug-likeness (QED) is 0.571. The van der Waals surface area contributed by atoms with Gasteiger partial charge >= 0.3 is 17.9 Å². The van der Waals surface area contributed by atoms with Gasteiger partial charge < -0.3 is 18.9 Å². The lowest BCUT2D eigenvalue weighted by Gasteiger charge is -2.26. The molecular weight excluding hydrogens is 380 g/mol. The maximum absolute atomic E-state index is 12.5. The average Bonchev–Trinajstić information content (AvgIpc) is 2.61. The van der Waals surface area contributed by atoms with E-state index in [1.165, 1.54) is 45.0 Å². The summed E-state index contributed by atoms with van der Waals surface area (Å²) in [7, 11) is 0. The second-order valence-electron chi connectivity index (χ2n) is 6.38. The Balaban J connectivity index is 1.93. The topological polar surface area (TPSA) is 105 Å². The van der Waals surface area contributed by atoms with Crippen LogP contribution in [0, 0.1) is 0 Å². The van der Waals surface area contributed by atoms with Crippen LogP contribution in [0.4, 0.5) is 0 Å². The zero-order chi connectivity index (χ0) is 21.1. The van der Waals surface area contributed by atoms with Gasteiger partial charge in [-0.1, -0.05) is 6.07 Å². The number of fused-ring (bicyclic) bond motifs is 1. The Hall–Kier alpha value is -3.68. The summed E-state index contributed by atoms with van der Waals surface area (Å²) in [5.74, 6) is -1.13. The van der Waals surface area contributed by atoms with Crippen molar-refractivity contribution in [2.75, 3.05) is 0 Å². The van der Waals surface area contributed by atoms with Gasteiger partial charge in [0.2, 0.25) is 0 Å². The fraction of sp³-hybridized carbons (Fsp3) is 0.238. The largest absolute Gasteiger partial charge is 0.484 e. The molecule has 0 radical (unpaired) electrons. The molecule has 2 aromatic rings. The van der Waals surface area contributed by atoms with E-state index >= 15 is 0 Å². The van der Waals surface area contributed by atoms with Crippen molar-refractivity contribution >= 4 is 23.7 Å². The van der Waals surface area contributed by atoms with Gasteiger partial charge in [0.1, 0.15) is 17.6 Å². The highest BCUT2D eigenvalue weighted by Gasteiger charge is 2.29. The molecule has 150 valence electrons. The Morgan fingerprint density at radius 1 is 0.862 bits per heavy atom. The van der Waals surface area contributed by atoms with Crippen molar-refractivity contribution in [3.8, 4) is 23.0 Å². The van der Waals surface area contributed by atoms with Crippen molar-refractivity contribution < 1.29 is 38.1 Å². The number of benzene rings is 2. The lowest BCUT2D eigenvalue weighted by molar-refractivity contribution is -0.134. The van der Waals surface area contributed by atoms with Crippen LogP contribution in [0.5, 0.6) is 23.0 Å². The molecule has 0 saturated carbocycles. The first-order chi connectivity index (χ1) is 13.7. The SMILES string of the molecule is CC(=O)Oc1ccc2c(c1)O[C@H](c1ccc(OC(C)=O)c(OC(C)=O)c1)CC2=O. The molecule has 0 saturated heterocycles. The Labute approximate surface area is 166 Å². The van der Waals surface area contributed by atoms with Crippen LogP contribution in [0.3, 0.4) is 0 Å². The maximum atomic E-state index is 12.5. The molecule has 3 rings (SSSR count). The molecule has 1 aliphatic rings. The number of hydrogen-bond donors (Lipinski definition) is 0. The van der Waals surface area contributed by atoms with Gasteiger partial charge in [-0.25, -0.2) is 0 Å². The molecule has 8 heteroatoms. The highest BCUT2D eigenvalue weighted by molar-refractivity contribution is 6.00. The standard InChI is InChI=1S/C21H18O8/c1-11(22)26-15-5-6-16-17(25)10-19(29-20(16)9-15)14-4-7-18(27-12(2)23)21(8-14)28-13(3)24/h4-9,19H,10H2,1-3H3/t19-/m0/s1. The number of esters is 3. The first-order valence-electron chi connectivity index (χ1n) is 8.76. The lowest BCUT2D eigenvalue weighted by Crippen LogP contribution is -2.20. The van der Waals surface area contributed by atoms with Crippen LogP contribution in [0.2, 0.25) is 0 Å². The highest BCUT2D eigenvalue weighted by Crippen LogP contribution is 2.39. The molecule has 1 heterocycles. The van der Waals surface area contributed by atoms with Crippen molar-refractivity contribution in [1.82, 2.24) is 0 Å². The second-order valence-corrected chi connectivity index (χ2v) is 6.38. The van der Waals surface area contributed by atoms with E-state index in [1.54, 1.807) is 12.1 Å². The molecule has 29 heavy (non-hydrogen) atoms. The van der Waals surface area contributed by atoms with Gasteiger partial charge in [-0.3, -0.25) is 19.2 Å². The van der Waals surface area contributed by atoms with Gasteiger partial charge in [0.25, 0.3) is 0 Å². The third-order valence-electron chi connectivity index (χ3n) is 4.00. The van der Waals surface area contributed by atoms with Crippen LogP contribution in [-0.4, -0.2) is 23.7 Å². The molecule has 0 amide bonds. The smallest absolute Gasteiger partial charge is 0.308 e. The summed E-state index contributed by atoms with van der Waals surface area (Å²) in [4.78, 5) is 46.3. The summed E-state index contributed by atoms with van der Waals surface area (Å²) in [5.41, 5.74) is 0.933. The summed E-state index contributed by atoms with van der Waals surface area (Å²) >= 11 is 0. The summed E-state index contributed by atoms with van der Waals surface area (Å²) in [6.07, 6.45) is -0.602. The van der Waals surface area contributed by atoms with Crippen molar-refractivity contribution in [3.05, 3.63) is 47.5 Å². The molecule has 0 aliphatic carbocycles.